The maximum Gasteiger partial charge on any atom is 0.254 e. The van der Waals surface area contributed by atoms with Crippen molar-refractivity contribution in [3.8, 4) is 5.69 Å². The van der Waals surface area contributed by atoms with E-state index < -0.39 is 0 Å². The summed E-state index contributed by atoms with van der Waals surface area (Å²) >= 11 is 0. The Morgan fingerprint density at radius 3 is 2.36 bits per heavy atom. The van der Waals surface area contributed by atoms with Crippen LogP contribution < -0.4 is 4.90 Å². The Balaban J connectivity index is 1.36. The zero-order valence-corrected chi connectivity index (χ0v) is 16.6. The minimum absolute atomic E-state index is 0.124. The summed E-state index contributed by atoms with van der Waals surface area (Å²) in [6.07, 6.45) is 1.78. The fraction of sp³-hybridized carbons (Fsp3) is 0.304. The van der Waals surface area contributed by atoms with E-state index in [1.165, 1.54) is 11.1 Å². The largest absolute Gasteiger partial charge is 0.328 e. The third-order valence-electron chi connectivity index (χ3n) is 5.65. The number of quaternary nitrogens is 1. The summed E-state index contributed by atoms with van der Waals surface area (Å²) in [6, 6.07) is 18.3. The van der Waals surface area contributed by atoms with Crippen molar-refractivity contribution in [1.29, 1.82) is 0 Å². The van der Waals surface area contributed by atoms with Crippen LogP contribution in [-0.2, 0) is 6.54 Å². The van der Waals surface area contributed by atoms with E-state index in [9.17, 15) is 4.79 Å². The van der Waals surface area contributed by atoms with Gasteiger partial charge in [-0.2, -0.15) is 5.10 Å². The summed E-state index contributed by atoms with van der Waals surface area (Å²) in [5.74, 6) is 0.124. The average molecular weight is 375 g/mol. The predicted molar refractivity (Wildman–Crippen MR) is 110 cm³/mol. The summed E-state index contributed by atoms with van der Waals surface area (Å²) in [5, 5.41) is 4.32. The Bertz CT molecular complexity index is 953. The van der Waals surface area contributed by atoms with E-state index in [0.29, 0.717) is 0 Å². The molecule has 0 saturated carbocycles. The average Bonchev–Trinajstić information content (AvgIpc) is 3.16. The van der Waals surface area contributed by atoms with Crippen LogP contribution in [0.3, 0.4) is 0 Å². The van der Waals surface area contributed by atoms with E-state index in [-0.39, 0.29) is 5.91 Å². The molecule has 0 bridgehead atoms. The molecule has 28 heavy (non-hydrogen) atoms. The van der Waals surface area contributed by atoms with Crippen LogP contribution in [0.2, 0.25) is 0 Å². The van der Waals surface area contributed by atoms with Crippen LogP contribution in [0.4, 0.5) is 0 Å². The van der Waals surface area contributed by atoms with Crippen LogP contribution in [0.5, 0.6) is 0 Å². The number of carbonyl (C=O) groups is 1. The van der Waals surface area contributed by atoms with E-state index in [1.54, 1.807) is 11.1 Å². The van der Waals surface area contributed by atoms with Gasteiger partial charge in [0.05, 0.1) is 31.9 Å². The first-order valence-electron chi connectivity index (χ1n) is 9.90. The molecule has 1 fully saturated rings. The van der Waals surface area contributed by atoms with Gasteiger partial charge < -0.3 is 9.80 Å². The number of hydrogen-bond donors (Lipinski definition) is 1. The number of benzene rings is 2. The third kappa shape index (κ3) is 3.85. The van der Waals surface area contributed by atoms with Crippen molar-refractivity contribution < 1.29 is 9.69 Å². The molecule has 0 aliphatic carbocycles. The van der Waals surface area contributed by atoms with Gasteiger partial charge in [-0.05, 0) is 49.7 Å². The lowest BCUT2D eigenvalue weighted by Gasteiger charge is -2.32. The van der Waals surface area contributed by atoms with E-state index >= 15 is 0 Å². The molecule has 1 N–H and O–H groups in total. The zero-order valence-electron chi connectivity index (χ0n) is 16.6. The van der Waals surface area contributed by atoms with Crippen molar-refractivity contribution in [3.05, 3.63) is 83.2 Å². The zero-order chi connectivity index (χ0) is 19.5. The van der Waals surface area contributed by atoms with Crippen molar-refractivity contribution in [1.82, 2.24) is 14.7 Å². The van der Waals surface area contributed by atoms with Gasteiger partial charge in [0.1, 0.15) is 6.54 Å². The monoisotopic (exact) mass is 375 g/mol. The Kier molecular flexibility index (Phi) is 5.26. The fourth-order valence-electron chi connectivity index (χ4n) is 3.85. The smallest absolute Gasteiger partial charge is 0.254 e. The van der Waals surface area contributed by atoms with Crippen molar-refractivity contribution >= 4 is 5.91 Å². The molecule has 2 heterocycles. The van der Waals surface area contributed by atoms with E-state index in [4.69, 9.17) is 0 Å². The second kappa shape index (κ2) is 7.98. The molecular formula is C23H27N4O+. The lowest BCUT2D eigenvalue weighted by Crippen LogP contribution is -3.13. The van der Waals surface area contributed by atoms with Gasteiger partial charge >= 0.3 is 0 Å². The highest BCUT2D eigenvalue weighted by atomic mass is 16.2. The van der Waals surface area contributed by atoms with E-state index in [0.717, 1.165) is 49.7 Å². The number of nitrogens with zero attached hydrogens (tertiary/aromatic N) is 3. The molecule has 1 amide bonds. The lowest BCUT2D eigenvalue weighted by molar-refractivity contribution is -0.917. The number of carbonyl (C=O) groups excluding carboxylic acids is 1. The number of rotatable bonds is 4. The molecule has 1 aliphatic heterocycles. The fourth-order valence-corrected chi connectivity index (χ4v) is 3.85. The van der Waals surface area contributed by atoms with Crippen LogP contribution in [0.15, 0.2) is 60.8 Å². The Labute approximate surface area is 166 Å². The first-order valence-corrected chi connectivity index (χ1v) is 9.90. The molecule has 1 saturated heterocycles. The van der Waals surface area contributed by atoms with E-state index in [1.807, 2.05) is 46.8 Å². The molecule has 0 unspecified atom stereocenters. The third-order valence-corrected chi connectivity index (χ3v) is 5.65. The summed E-state index contributed by atoms with van der Waals surface area (Å²) in [5.41, 5.74) is 5.55. The number of nitrogens with one attached hydrogen (secondary N) is 1. The molecule has 5 nitrogen and oxygen atoms in total. The number of aryl methyl sites for hydroxylation is 2. The number of aromatic nitrogens is 2. The Morgan fingerprint density at radius 2 is 1.71 bits per heavy atom. The highest BCUT2D eigenvalue weighted by Crippen LogP contribution is 2.13. The van der Waals surface area contributed by atoms with Gasteiger partial charge in [-0.3, -0.25) is 4.79 Å². The summed E-state index contributed by atoms with van der Waals surface area (Å²) in [6.45, 7) is 8.82. The summed E-state index contributed by atoms with van der Waals surface area (Å²) in [4.78, 5) is 16.4. The standard InChI is InChI=1S/C23H26N4O/c1-18-5-3-4-6-21(18)17-25-13-15-26(16-14-25)23(28)20-7-9-22(10-8-20)27-19(2)11-12-24-27/h3-12H,13-17H2,1-2H3/p+1. The van der Waals surface area contributed by atoms with Crippen LogP contribution in [0.25, 0.3) is 5.69 Å². The lowest BCUT2D eigenvalue weighted by atomic mass is 10.1. The van der Waals surface area contributed by atoms with Crippen molar-refractivity contribution in [3.63, 3.8) is 0 Å². The first-order chi connectivity index (χ1) is 13.6. The summed E-state index contributed by atoms with van der Waals surface area (Å²) in [7, 11) is 0. The van der Waals surface area contributed by atoms with Crippen molar-refractivity contribution in [2.45, 2.75) is 20.4 Å². The Hall–Kier alpha value is -2.92. The SMILES string of the molecule is Cc1ccccc1C[NH+]1CCN(C(=O)c2ccc(-n3nccc3C)cc2)CC1. The molecule has 1 aliphatic rings. The number of hydrogen-bond acceptors (Lipinski definition) is 2. The Morgan fingerprint density at radius 1 is 1.00 bits per heavy atom. The first kappa shape index (κ1) is 18.4. The molecule has 0 radical (unpaired) electrons. The van der Waals surface area contributed by atoms with Crippen LogP contribution in [0, 0.1) is 13.8 Å². The maximum atomic E-state index is 12.9. The van der Waals surface area contributed by atoms with Crippen molar-refractivity contribution in [2.75, 3.05) is 26.2 Å². The number of piperazine rings is 1. The normalized spacial score (nSPS) is 15.0. The maximum absolute atomic E-state index is 12.9. The minimum Gasteiger partial charge on any atom is -0.328 e. The van der Waals surface area contributed by atoms with Crippen LogP contribution >= 0.6 is 0 Å². The highest BCUT2D eigenvalue weighted by molar-refractivity contribution is 5.94. The molecule has 4 rings (SSSR count). The molecule has 5 heteroatoms. The molecule has 0 atom stereocenters. The van der Waals surface area contributed by atoms with Gasteiger partial charge in [0, 0.05) is 23.0 Å². The molecule has 0 spiro atoms. The van der Waals surface area contributed by atoms with Gasteiger partial charge in [0.25, 0.3) is 5.91 Å². The second-order valence-corrected chi connectivity index (χ2v) is 7.58. The molecule has 144 valence electrons. The molecule has 3 aromatic rings. The topological polar surface area (TPSA) is 42.6 Å². The molecule has 2 aromatic carbocycles. The van der Waals surface area contributed by atoms with E-state index in [2.05, 4.69) is 36.3 Å². The van der Waals surface area contributed by atoms with Crippen molar-refractivity contribution in [2.24, 2.45) is 0 Å². The highest BCUT2D eigenvalue weighted by Gasteiger charge is 2.24. The summed E-state index contributed by atoms with van der Waals surface area (Å²) < 4.78 is 1.88. The second-order valence-electron chi connectivity index (χ2n) is 7.58. The van der Waals surface area contributed by atoms with Crippen LogP contribution in [0.1, 0.15) is 27.2 Å². The molecular weight excluding hydrogens is 348 g/mol. The van der Waals surface area contributed by atoms with Gasteiger partial charge in [0.2, 0.25) is 0 Å². The quantitative estimate of drug-likeness (QED) is 0.758. The van der Waals surface area contributed by atoms with Gasteiger partial charge in [-0.15, -0.1) is 0 Å². The van der Waals surface area contributed by atoms with Crippen LogP contribution in [-0.4, -0.2) is 46.8 Å². The predicted octanol–water partition coefficient (Wildman–Crippen LogP) is 2.03. The minimum atomic E-state index is 0.124. The molecule has 1 aromatic heterocycles. The number of amides is 1. The van der Waals surface area contributed by atoms with Gasteiger partial charge in [0.15, 0.2) is 0 Å². The van der Waals surface area contributed by atoms with Gasteiger partial charge in [-0.1, -0.05) is 24.3 Å². The van der Waals surface area contributed by atoms with Gasteiger partial charge in [-0.25, -0.2) is 4.68 Å².